The van der Waals surface area contributed by atoms with E-state index in [0.29, 0.717) is 10.6 Å². The Balaban J connectivity index is 1.77. The van der Waals surface area contributed by atoms with Crippen LogP contribution in [-0.4, -0.2) is 15.3 Å². The number of halogens is 1. The maximum Gasteiger partial charge on any atom is 0.271 e. The van der Waals surface area contributed by atoms with E-state index in [1.165, 1.54) is 21.9 Å². The number of anilines is 1. The molecule has 0 spiro atoms. The molecule has 27 heavy (non-hydrogen) atoms. The number of aromatic nitrogens is 2. The van der Waals surface area contributed by atoms with E-state index in [0.717, 1.165) is 21.3 Å². The van der Waals surface area contributed by atoms with Crippen LogP contribution < -0.4 is 10.9 Å². The number of rotatable bonds is 3. The van der Waals surface area contributed by atoms with Crippen LogP contribution in [0.1, 0.15) is 15.9 Å². The molecule has 0 aliphatic heterocycles. The third-order valence-corrected chi connectivity index (χ3v) is 5.45. The zero-order chi connectivity index (χ0) is 19.0. The molecule has 0 fully saturated rings. The number of hydrogen-bond donors (Lipinski definition) is 1. The van der Waals surface area contributed by atoms with Crippen molar-refractivity contribution >= 4 is 43.8 Å². The molecule has 134 valence electrons. The van der Waals surface area contributed by atoms with Crippen molar-refractivity contribution < 1.29 is 4.79 Å². The van der Waals surface area contributed by atoms with E-state index in [1.54, 1.807) is 12.1 Å². The first-order valence-corrected chi connectivity index (χ1v) is 9.83. The van der Waals surface area contributed by atoms with E-state index >= 15 is 0 Å². The Morgan fingerprint density at radius 3 is 2.70 bits per heavy atom. The largest absolute Gasteiger partial charge is 0.322 e. The Morgan fingerprint density at radius 1 is 1.19 bits per heavy atom. The fourth-order valence-electron chi connectivity index (χ4n) is 2.74. The van der Waals surface area contributed by atoms with Gasteiger partial charge in [0.15, 0.2) is 4.96 Å². The average molecular weight is 440 g/mol. The van der Waals surface area contributed by atoms with E-state index in [4.69, 9.17) is 0 Å². The van der Waals surface area contributed by atoms with E-state index in [2.05, 4.69) is 26.2 Å². The highest BCUT2D eigenvalue weighted by Crippen LogP contribution is 2.24. The molecule has 0 aliphatic carbocycles. The summed E-state index contributed by atoms with van der Waals surface area (Å²) >= 11 is 4.73. The lowest BCUT2D eigenvalue weighted by Gasteiger charge is -2.07. The van der Waals surface area contributed by atoms with Gasteiger partial charge in [-0.3, -0.25) is 14.0 Å². The Kier molecular flexibility index (Phi) is 4.63. The number of amides is 1. The maximum absolute atomic E-state index is 13.0. The standard InChI is InChI=1S/C20H14BrN3O2S/c1-12-5-7-13(8-6-12)17-11-27-20-22-10-16(19(26)24(17)20)18(25)23-15-4-2-3-14(21)9-15/h2-11H,1H3,(H,23,25). The summed E-state index contributed by atoms with van der Waals surface area (Å²) in [5.74, 6) is -0.485. The van der Waals surface area contributed by atoms with Gasteiger partial charge >= 0.3 is 0 Å². The lowest BCUT2D eigenvalue weighted by atomic mass is 10.1. The number of benzene rings is 2. The van der Waals surface area contributed by atoms with E-state index < -0.39 is 5.91 Å². The Morgan fingerprint density at radius 2 is 1.96 bits per heavy atom. The van der Waals surface area contributed by atoms with Gasteiger partial charge in [-0.15, -0.1) is 11.3 Å². The molecule has 2 heterocycles. The molecule has 0 aliphatic rings. The number of nitrogens with one attached hydrogen (secondary N) is 1. The Hall–Kier alpha value is -2.77. The van der Waals surface area contributed by atoms with Gasteiger partial charge in [-0.25, -0.2) is 4.98 Å². The van der Waals surface area contributed by atoms with Crippen LogP contribution >= 0.6 is 27.3 Å². The van der Waals surface area contributed by atoms with Gasteiger partial charge in [0.05, 0.1) is 5.69 Å². The molecule has 0 saturated heterocycles. The molecule has 4 rings (SSSR count). The summed E-state index contributed by atoms with van der Waals surface area (Å²) < 4.78 is 2.33. The quantitative estimate of drug-likeness (QED) is 0.500. The van der Waals surface area contributed by atoms with Crippen molar-refractivity contribution in [1.82, 2.24) is 9.38 Å². The zero-order valence-corrected chi connectivity index (χ0v) is 16.7. The van der Waals surface area contributed by atoms with Gasteiger partial charge in [0, 0.05) is 21.7 Å². The van der Waals surface area contributed by atoms with Crippen molar-refractivity contribution in [3.63, 3.8) is 0 Å². The third-order valence-electron chi connectivity index (χ3n) is 4.12. The number of thiazole rings is 1. The molecule has 0 unspecified atom stereocenters. The molecule has 4 aromatic rings. The molecule has 1 N–H and O–H groups in total. The minimum Gasteiger partial charge on any atom is -0.322 e. The second-order valence-corrected chi connectivity index (χ2v) is 7.80. The van der Waals surface area contributed by atoms with Gasteiger partial charge in [0.1, 0.15) is 5.56 Å². The van der Waals surface area contributed by atoms with Crippen LogP contribution in [-0.2, 0) is 0 Å². The molecule has 2 aromatic carbocycles. The maximum atomic E-state index is 13.0. The molecule has 2 aromatic heterocycles. The van der Waals surface area contributed by atoms with Gasteiger partial charge in [0.2, 0.25) is 0 Å². The van der Waals surface area contributed by atoms with Crippen LogP contribution in [0.4, 0.5) is 5.69 Å². The SMILES string of the molecule is Cc1ccc(-c2csc3ncc(C(=O)Nc4cccc(Br)c4)c(=O)n23)cc1. The van der Waals surface area contributed by atoms with Crippen LogP contribution in [0, 0.1) is 6.92 Å². The van der Waals surface area contributed by atoms with Gasteiger partial charge < -0.3 is 5.32 Å². The normalized spacial score (nSPS) is 10.9. The minimum atomic E-state index is -0.485. The molecule has 0 bridgehead atoms. The van der Waals surface area contributed by atoms with Crippen LogP contribution in [0.3, 0.4) is 0 Å². The molecule has 0 atom stereocenters. The summed E-state index contributed by atoms with van der Waals surface area (Å²) in [6.07, 6.45) is 1.33. The molecular formula is C20H14BrN3O2S. The van der Waals surface area contributed by atoms with Crippen molar-refractivity contribution in [3.8, 4) is 11.3 Å². The summed E-state index contributed by atoms with van der Waals surface area (Å²) in [7, 11) is 0. The number of carbonyl (C=O) groups is 1. The number of aryl methyl sites for hydroxylation is 1. The third kappa shape index (κ3) is 3.43. The highest BCUT2D eigenvalue weighted by Gasteiger charge is 2.17. The predicted molar refractivity (Wildman–Crippen MR) is 112 cm³/mol. The summed E-state index contributed by atoms with van der Waals surface area (Å²) in [5, 5.41) is 4.62. The summed E-state index contributed by atoms with van der Waals surface area (Å²) in [5.41, 5.74) is 2.98. The number of nitrogens with zero attached hydrogens (tertiary/aromatic N) is 2. The highest BCUT2D eigenvalue weighted by molar-refractivity contribution is 9.10. The van der Waals surface area contributed by atoms with Crippen molar-refractivity contribution in [3.05, 3.63) is 86.1 Å². The monoisotopic (exact) mass is 439 g/mol. The molecular weight excluding hydrogens is 426 g/mol. The molecule has 0 radical (unpaired) electrons. The Labute approximate surface area is 167 Å². The van der Waals surface area contributed by atoms with Crippen LogP contribution in [0.25, 0.3) is 16.2 Å². The second kappa shape index (κ2) is 7.09. The topological polar surface area (TPSA) is 63.5 Å². The van der Waals surface area contributed by atoms with Crippen molar-refractivity contribution in [2.45, 2.75) is 6.92 Å². The molecule has 5 nitrogen and oxygen atoms in total. The minimum absolute atomic E-state index is 0.000706. The first-order valence-electron chi connectivity index (χ1n) is 8.16. The smallest absolute Gasteiger partial charge is 0.271 e. The fraction of sp³-hybridized carbons (Fsp3) is 0.0500. The van der Waals surface area contributed by atoms with Crippen LogP contribution in [0.15, 0.2) is 69.4 Å². The van der Waals surface area contributed by atoms with Crippen molar-refractivity contribution in [2.75, 3.05) is 5.32 Å². The summed E-state index contributed by atoms with van der Waals surface area (Å²) in [6.45, 7) is 2.01. The second-order valence-electron chi connectivity index (χ2n) is 6.05. The predicted octanol–water partition coefficient (Wildman–Crippen LogP) is 4.75. The number of carbonyl (C=O) groups excluding carboxylic acids is 1. The van der Waals surface area contributed by atoms with E-state index in [-0.39, 0.29) is 11.1 Å². The lowest BCUT2D eigenvalue weighted by molar-refractivity contribution is 0.102. The molecule has 1 amide bonds. The Bertz CT molecular complexity index is 1210. The van der Waals surface area contributed by atoms with Gasteiger partial charge in [0.25, 0.3) is 11.5 Å². The van der Waals surface area contributed by atoms with Crippen LogP contribution in [0.5, 0.6) is 0 Å². The van der Waals surface area contributed by atoms with Crippen molar-refractivity contribution in [2.24, 2.45) is 0 Å². The summed E-state index contributed by atoms with van der Waals surface area (Å²) in [4.78, 5) is 30.5. The zero-order valence-electron chi connectivity index (χ0n) is 14.3. The molecule has 7 heteroatoms. The highest BCUT2D eigenvalue weighted by atomic mass is 79.9. The van der Waals surface area contributed by atoms with E-state index in [1.807, 2.05) is 48.7 Å². The lowest BCUT2D eigenvalue weighted by Crippen LogP contribution is -2.26. The van der Waals surface area contributed by atoms with Gasteiger partial charge in [-0.1, -0.05) is 51.8 Å². The summed E-state index contributed by atoms with van der Waals surface area (Å²) in [6, 6.07) is 15.1. The number of hydrogen-bond acceptors (Lipinski definition) is 4. The number of fused-ring (bicyclic) bond motifs is 1. The first kappa shape index (κ1) is 17.6. The average Bonchev–Trinajstić information content (AvgIpc) is 3.07. The van der Waals surface area contributed by atoms with Gasteiger partial charge in [-0.05, 0) is 30.7 Å². The van der Waals surface area contributed by atoms with Gasteiger partial charge in [-0.2, -0.15) is 0 Å². The molecule has 0 saturated carbocycles. The van der Waals surface area contributed by atoms with Crippen LogP contribution in [0.2, 0.25) is 0 Å². The van der Waals surface area contributed by atoms with Crippen molar-refractivity contribution in [1.29, 1.82) is 0 Å². The fourth-order valence-corrected chi connectivity index (χ4v) is 4.00. The first-order chi connectivity index (χ1) is 13.0. The van der Waals surface area contributed by atoms with E-state index in [9.17, 15) is 9.59 Å².